The Labute approximate surface area is 198 Å². The summed E-state index contributed by atoms with van der Waals surface area (Å²) in [5.41, 5.74) is 2.14. The lowest BCUT2D eigenvalue weighted by Crippen LogP contribution is -2.48. The Hall–Kier alpha value is -3.89. The van der Waals surface area contributed by atoms with Gasteiger partial charge in [-0.3, -0.25) is 19.8 Å². The van der Waals surface area contributed by atoms with Crippen molar-refractivity contribution in [2.75, 3.05) is 32.7 Å². The fourth-order valence-electron chi connectivity index (χ4n) is 3.55. The van der Waals surface area contributed by atoms with Gasteiger partial charge in [0, 0.05) is 25.4 Å². The molecule has 34 heavy (non-hydrogen) atoms. The van der Waals surface area contributed by atoms with Crippen molar-refractivity contribution < 1.29 is 23.9 Å². The maximum Gasteiger partial charge on any atom is 0.411 e. The molecule has 1 aliphatic heterocycles. The standard InChI is InChI=1S/C23H30N6O5/c1-14-12-28(13-25-21(31)34-23(2,3)4)20(30)19-10-18(27-29(14)19)16-8-7-15(11-24-5)9-17(16)26-22(32)33-6/h7-11,14H,12-13H2,1-6H3,(H,25,31)(H,26,32)/t14-/m0/s1. The normalized spacial score (nSPS) is 15.8. The zero-order chi connectivity index (χ0) is 25.0. The van der Waals surface area contributed by atoms with Crippen molar-refractivity contribution in [3.63, 3.8) is 0 Å². The van der Waals surface area contributed by atoms with E-state index < -0.39 is 17.8 Å². The van der Waals surface area contributed by atoms with Crippen molar-refractivity contribution in [3.05, 3.63) is 35.5 Å². The van der Waals surface area contributed by atoms with E-state index in [1.165, 1.54) is 12.0 Å². The molecule has 11 heteroatoms. The largest absolute Gasteiger partial charge is 0.453 e. The number of hydrogen-bond donors (Lipinski definition) is 2. The molecule has 0 bridgehead atoms. The lowest BCUT2D eigenvalue weighted by atomic mass is 10.1. The molecule has 0 spiro atoms. The van der Waals surface area contributed by atoms with Gasteiger partial charge in [-0.25, -0.2) is 9.59 Å². The number of anilines is 1. The van der Waals surface area contributed by atoms with E-state index >= 15 is 0 Å². The average molecular weight is 471 g/mol. The third-order valence-electron chi connectivity index (χ3n) is 4.98. The van der Waals surface area contributed by atoms with Crippen molar-refractivity contribution in [1.82, 2.24) is 20.0 Å². The van der Waals surface area contributed by atoms with Crippen LogP contribution in [0.25, 0.3) is 11.3 Å². The molecule has 1 aromatic carbocycles. The zero-order valence-corrected chi connectivity index (χ0v) is 20.2. The number of carbonyl (C=O) groups is 3. The summed E-state index contributed by atoms with van der Waals surface area (Å²) in [6.07, 6.45) is 0.438. The predicted molar refractivity (Wildman–Crippen MR) is 127 cm³/mol. The van der Waals surface area contributed by atoms with Gasteiger partial charge in [-0.2, -0.15) is 5.10 Å². The number of nitrogens with one attached hydrogen (secondary N) is 2. The Bertz CT molecular complexity index is 1120. The second kappa shape index (κ2) is 9.94. The summed E-state index contributed by atoms with van der Waals surface area (Å²) in [5.74, 6) is -0.273. The Balaban J connectivity index is 1.87. The van der Waals surface area contributed by atoms with Crippen LogP contribution in [0.1, 0.15) is 49.8 Å². The molecule has 1 aliphatic rings. The highest BCUT2D eigenvalue weighted by molar-refractivity contribution is 5.97. The summed E-state index contributed by atoms with van der Waals surface area (Å²) in [7, 11) is 2.93. The van der Waals surface area contributed by atoms with Crippen molar-refractivity contribution in [2.45, 2.75) is 39.3 Å². The molecule has 0 saturated heterocycles. The molecule has 0 saturated carbocycles. The van der Waals surface area contributed by atoms with Crippen LogP contribution in [-0.2, 0) is 9.47 Å². The molecule has 2 heterocycles. The van der Waals surface area contributed by atoms with Gasteiger partial charge in [0.05, 0.1) is 31.2 Å². The fraction of sp³-hybridized carbons (Fsp3) is 0.435. The van der Waals surface area contributed by atoms with Gasteiger partial charge in [0.2, 0.25) is 0 Å². The van der Waals surface area contributed by atoms with Crippen LogP contribution in [0.5, 0.6) is 0 Å². The number of amides is 3. The minimum Gasteiger partial charge on any atom is -0.453 e. The van der Waals surface area contributed by atoms with E-state index in [1.54, 1.807) is 56.9 Å². The predicted octanol–water partition coefficient (Wildman–Crippen LogP) is 3.28. The molecular weight excluding hydrogens is 440 g/mol. The minimum atomic E-state index is -0.634. The van der Waals surface area contributed by atoms with Gasteiger partial charge in [-0.1, -0.05) is 6.07 Å². The van der Waals surface area contributed by atoms with Crippen LogP contribution in [0.4, 0.5) is 15.3 Å². The highest BCUT2D eigenvalue weighted by Crippen LogP contribution is 2.31. The molecule has 1 aromatic heterocycles. The molecule has 0 radical (unpaired) electrons. The van der Waals surface area contributed by atoms with Gasteiger partial charge in [-0.05, 0) is 51.5 Å². The molecule has 182 valence electrons. The third kappa shape index (κ3) is 5.72. The van der Waals surface area contributed by atoms with Gasteiger partial charge in [0.1, 0.15) is 11.3 Å². The summed E-state index contributed by atoms with van der Waals surface area (Å²) >= 11 is 0. The number of rotatable bonds is 5. The molecule has 1 atom stereocenters. The van der Waals surface area contributed by atoms with E-state index in [9.17, 15) is 14.4 Å². The topological polar surface area (TPSA) is 127 Å². The minimum absolute atomic E-state index is 0.0127. The van der Waals surface area contributed by atoms with Crippen LogP contribution in [-0.4, -0.2) is 72.0 Å². The van der Waals surface area contributed by atoms with Gasteiger partial charge in [0.25, 0.3) is 5.91 Å². The van der Waals surface area contributed by atoms with E-state index in [0.717, 1.165) is 5.56 Å². The smallest absolute Gasteiger partial charge is 0.411 e. The number of aliphatic imine (C=N–C) groups is 1. The van der Waals surface area contributed by atoms with Crippen molar-refractivity contribution >= 4 is 30.0 Å². The number of benzene rings is 1. The summed E-state index contributed by atoms with van der Waals surface area (Å²) in [5, 5.41) is 9.95. The van der Waals surface area contributed by atoms with Crippen LogP contribution < -0.4 is 10.6 Å². The molecule has 11 nitrogen and oxygen atoms in total. The van der Waals surface area contributed by atoms with Crippen molar-refractivity contribution in [2.24, 2.45) is 4.99 Å². The SMILES string of the molecule is CN=Cc1ccc(-c2cc3n(n2)[C@@H](C)CN(CNC(=O)OC(C)(C)C)C3=O)c(NC(=O)OC)c1. The highest BCUT2D eigenvalue weighted by atomic mass is 16.6. The monoisotopic (exact) mass is 470 g/mol. The highest BCUT2D eigenvalue weighted by Gasteiger charge is 2.32. The maximum atomic E-state index is 13.1. The number of methoxy groups -OCH3 is 1. The quantitative estimate of drug-likeness (QED) is 0.646. The second-order valence-electron chi connectivity index (χ2n) is 8.88. The molecule has 2 aromatic rings. The first-order chi connectivity index (χ1) is 16.0. The summed E-state index contributed by atoms with van der Waals surface area (Å²) < 4.78 is 11.6. The van der Waals surface area contributed by atoms with Crippen LogP contribution in [0, 0.1) is 0 Å². The molecule has 0 aliphatic carbocycles. The zero-order valence-electron chi connectivity index (χ0n) is 20.2. The lowest BCUT2D eigenvalue weighted by molar-refractivity contribution is 0.0454. The van der Waals surface area contributed by atoms with Gasteiger partial charge in [0.15, 0.2) is 0 Å². The molecule has 3 rings (SSSR count). The second-order valence-corrected chi connectivity index (χ2v) is 8.88. The maximum absolute atomic E-state index is 13.1. The Morgan fingerprint density at radius 3 is 2.65 bits per heavy atom. The number of nitrogens with zero attached hydrogens (tertiary/aromatic N) is 4. The Kier molecular flexibility index (Phi) is 7.23. The van der Waals surface area contributed by atoms with E-state index in [2.05, 4.69) is 20.7 Å². The van der Waals surface area contributed by atoms with E-state index in [-0.39, 0.29) is 18.6 Å². The first kappa shape index (κ1) is 24.7. The number of aromatic nitrogens is 2. The number of ether oxygens (including phenoxy) is 2. The van der Waals surface area contributed by atoms with Gasteiger partial charge in [-0.15, -0.1) is 0 Å². The lowest BCUT2D eigenvalue weighted by Gasteiger charge is -2.32. The molecule has 0 unspecified atom stereocenters. The van der Waals surface area contributed by atoms with Crippen LogP contribution in [0.3, 0.4) is 0 Å². The Morgan fingerprint density at radius 1 is 1.26 bits per heavy atom. The average Bonchev–Trinajstić information content (AvgIpc) is 3.20. The number of carbonyl (C=O) groups excluding carboxylic acids is 3. The van der Waals surface area contributed by atoms with Crippen LogP contribution in [0.2, 0.25) is 0 Å². The molecule has 2 N–H and O–H groups in total. The fourth-order valence-corrected chi connectivity index (χ4v) is 3.55. The van der Waals surface area contributed by atoms with Crippen molar-refractivity contribution in [1.29, 1.82) is 0 Å². The summed E-state index contributed by atoms with van der Waals surface area (Å²) in [6.45, 7) is 7.62. The summed E-state index contributed by atoms with van der Waals surface area (Å²) in [6, 6.07) is 6.92. The number of alkyl carbamates (subject to hydrolysis) is 1. The van der Waals surface area contributed by atoms with Gasteiger partial charge < -0.3 is 19.7 Å². The first-order valence-electron chi connectivity index (χ1n) is 10.8. The van der Waals surface area contributed by atoms with Crippen LogP contribution in [0.15, 0.2) is 29.3 Å². The number of fused-ring (bicyclic) bond motifs is 1. The van der Waals surface area contributed by atoms with E-state index in [4.69, 9.17) is 9.47 Å². The number of hydrogen-bond acceptors (Lipinski definition) is 7. The molecular formula is C23H30N6O5. The molecule has 0 fully saturated rings. The molecule has 3 amide bonds. The third-order valence-corrected chi connectivity index (χ3v) is 4.98. The first-order valence-corrected chi connectivity index (χ1v) is 10.8. The van der Waals surface area contributed by atoms with Gasteiger partial charge >= 0.3 is 12.2 Å². The van der Waals surface area contributed by atoms with Crippen molar-refractivity contribution in [3.8, 4) is 11.3 Å². The van der Waals surface area contributed by atoms with Crippen LogP contribution >= 0.6 is 0 Å². The van der Waals surface area contributed by atoms with E-state index in [1.807, 2.05) is 13.0 Å². The summed E-state index contributed by atoms with van der Waals surface area (Å²) in [4.78, 5) is 42.5. The Morgan fingerprint density at radius 2 is 2.00 bits per heavy atom. The van der Waals surface area contributed by atoms with E-state index in [0.29, 0.717) is 29.2 Å².